The van der Waals surface area contributed by atoms with Crippen LogP contribution in [0.25, 0.3) is 11.2 Å². The molecule has 0 atom stereocenters. The molecule has 0 amide bonds. The summed E-state index contributed by atoms with van der Waals surface area (Å²) in [6, 6.07) is 0.242. The fraction of sp³-hybridized carbons (Fsp3) is 0.333. The Labute approximate surface area is 86.2 Å². The largest absolute Gasteiger partial charge is 0.351 e. The van der Waals surface area contributed by atoms with E-state index in [1.54, 1.807) is 12.4 Å². The summed E-state index contributed by atoms with van der Waals surface area (Å²) in [5.41, 5.74) is 7.10. The Hall–Kier alpha value is -1.82. The quantitative estimate of drug-likeness (QED) is 0.675. The van der Waals surface area contributed by atoms with E-state index in [0.717, 1.165) is 24.4 Å². The predicted octanol–water partition coefficient (Wildman–Crippen LogP) is -0.433. The lowest BCUT2D eigenvalue weighted by molar-refractivity contribution is 0.515. The average Bonchev–Trinajstić information content (AvgIpc) is 2.24. The van der Waals surface area contributed by atoms with E-state index in [0.29, 0.717) is 5.65 Å². The summed E-state index contributed by atoms with van der Waals surface area (Å²) < 4.78 is 0. The molecule has 3 heterocycles. The summed E-state index contributed by atoms with van der Waals surface area (Å²) in [5.74, 6) is 0.829. The van der Waals surface area contributed by atoms with Crippen LogP contribution in [0.4, 0.5) is 5.82 Å². The number of hydrogen-bond donors (Lipinski definition) is 1. The van der Waals surface area contributed by atoms with Crippen LogP contribution in [-0.4, -0.2) is 39.1 Å². The smallest absolute Gasteiger partial charge is 0.183 e. The zero-order valence-corrected chi connectivity index (χ0v) is 8.04. The van der Waals surface area contributed by atoms with E-state index >= 15 is 0 Å². The minimum absolute atomic E-state index is 0.242. The SMILES string of the molecule is NC1CN(c2ncnc3nccnc23)C1. The van der Waals surface area contributed by atoms with E-state index in [9.17, 15) is 0 Å². The molecule has 6 nitrogen and oxygen atoms in total. The van der Waals surface area contributed by atoms with Crippen molar-refractivity contribution in [2.75, 3.05) is 18.0 Å². The van der Waals surface area contributed by atoms with E-state index < -0.39 is 0 Å². The van der Waals surface area contributed by atoms with Crippen LogP contribution in [0, 0.1) is 0 Å². The van der Waals surface area contributed by atoms with Gasteiger partial charge in [0.2, 0.25) is 0 Å². The van der Waals surface area contributed by atoms with Crippen molar-refractivity contribution in [1.29, 1.82) is 0 Å². The van der Waals surface area contributed by atoms with Crippen LogP contribution in [0.15, 0.2) is 18.7 Å². The Morgan fingerprint density at radius 3 is 2.73 bits per heavy atom. The summed E-state index contributed by atoms with van der Waals surface area (Å²) in [4.78, 5) is 18.7. The molecule has 0 saturated carbocycles. The third kappa shape index (κ3) is 1.30. The van der Waals surface area contributed by atoms with Gasteiger partial charge < -0.3 is 10.6 Å². The molecule has 2 aromatic rings. The third-order valence-electron chi connectivity index (χ3n) is 2.46. The average molecular weight is 202 g/mol. The summed E-state index contributed by atoms with van der Waals surface area (Å²) in [5, 5.41) is 0. The van der Waals surface area contributed by atoms with Crippen molar-refractivity contribution in [3.05, 3.63) is 18.7 Å². The molecular formula is C9H10N6. The van der Waals surface area contributed by atoms with Gasteiger partial charge in [-0.3, -0.25) is 0 Å². The van der Waals surface area contributed by atoms with Gasteiger partial charge in [0.05, 0.1) is 0 Å². The van der Waals surface area contributed by atoms with Crippen molar-refractivity contribution in [3.8, 4) is 0 Å². The van der Waals surface area contributed by atoms with Crippen molar-refractivity contribution in [3.63, 3.8) is 0 Å². The fourth-order valence-corrected chi connectivity index (χ4v) is 1.70. The first-order chi connectivity index (χ1) is 7.34. The molecule has 0 unspecified atom stereocenters. The van der Waals surface area contributed by atoms with E-state index in [2.05, 4.69) is 24.8 Å². The maximum atomic E-state index is 5.73. The van der Waals surface area contributed by atoms with Crippen molar-refractivity contribution in [2.45, 2.75) is 6.04 Å². The van der Waals surface area contributed by atoms with Gasteiger partial charge in [-0.15, -0.1) is 0 Å². The molecule has 2 aromatic heterocycles. The summed E-state index contributed by atoms with van der Waals surface area (Å²) in [6.07, 6.45) is 4.78. The van der Waals surface area contributed by atoms with Crippen molar-refractivity contribution >= 4 is 17.0 Å². The lowest BCUT2D eigenvalue weighted by Crippen LogP contribution is -2.56. The van der Waals surface area contributed by atoms with E-state index in [1.165, 1.54) is 6.33 Å². The highest BCUT2D eigenvalue weighted by Gasteiger charge is 2.26. The van der Waals surface area contributed by atoms with Crippen molar-refractivity contribution in [2.24, 2.45) is 5.73 Å². The molecule has 1 aliphatic heterocycles. The minimum Gasteiger partial charge on any atom is -0.351 e. The van der Waals surface area contributed by atoms with Crippen LogP contribution in [0.1, 0.15) is 0 Å². The maximum absolute atomic E-state index is 5.73. The van der Waals surface area contributed by atoms with Gasteiger partial charge in [0.1, 0.15) is 6.33 Å². The normalized spacial score (nSPS) is 16.7. The van der Waals surface area contributed by atoms with Gasteiger partial charge in [0, 0.05) is 31.5 Å². The number of aromatic nitrogens is 4. The summed E-state index contributed by atoms with van der Waals surface area (Å²) >= 11 is 0. The van der Waals surface area contributed by atoms with Gasteiger partial charge in [-0.25, -0.2) is 19.9 Å². The molecule has 3 rings (SSSR count). The number of fused-ring (bicyclic) bond motifs is 1. The Balaban J connectivity index is 2.10. The maximum Gasteiger partial charge on any atom is 0.183 e. The van der Waals surface area contributed by atoms with Crippen LogP contribution in [0.3, 0.4) is 0 Å². The summed E-state index contributed by atoms with van der Waals surface area (Å²) in [7, 11) is 0. The lowest BCUT2D eigenvalue weighted by Gasteiger charge is -2.37. The van der Waals surface area contributed by atoms with Gasteiger partial charge in [-0.2, -0.15) is 0 Å². The van der Waals surface area contributed by atoms with E-state index in [4.69, 9.17) is 5.73 Å². The van der Waals surface area contributed by atoms with Crippen LogP contribution < -0.4 is 10.6 Å². The van der Waals surface area contributed by atoms with Crippen LogP contribution in [-0.2, 0) is 0 Å². The van der Waals surface area contributed by atoms with Gasteiger partial charge in [-0.05, 0) is 0 Å². The van der Waals surface area contributed by atoms with Crippen LogP contribution in [0.2, 0.25) is 0 Å². The van der Waals surface area contributed by atoms with Gasteiger partial charge >= 0.3 is 0 Å². The van der Waals surface area contributed by atoms with Gasteiger partial charge in [0.25, 0.3) is 0 Å². The molecule has 76 valence electrons. The van der Waals surface area contributed by atoms with E-state index in [1.807, 2.05) is 0 Å². The first kappa shape index (κ1) is 8.49. The number of anilines is 1. The van der Waals surface area contributed by atoms with Crippen molar-refractivity contribution < 1.29 is 0 Å². The molecule has 0 aromatic carbocycles. The second kappa shape index (κ2) is 3.09. The zero-order chi connectivity index (χ0) is 10.3. The first-order valence-corrected chi connectivity index (χ1v) is 4.77. The zero-order valence-electron chi connectivity index (χ0n) is 8.04. The van der Waals surface area contributed by atoms with Crippen LogP contribution >= 0.6 is 0 Å². The molecule has 0 bridgehead atoms. The monoisotopic (exact) mass is 202 g/mol. The molecule has 6 heteroatoms. The Bertz CT molecular complexity index is 487. The second-order valence-electron chi connectivity index (χ2n) is 3.59. The molecule has 0 aliphatic carbocycles. The number of nitrogens with two attached hydrogens (primary N) is 1. The number of nitrogens with zero attached hydrogens (tertiary/aromatic N) is 5. The van der Waals surface area contributed by atoms with Crippen LogP contribution in [0.5, 0.6) is 0 Å². The molecule has 2 N–H and O–H groups in total. The molecule has 1 saturated heterocycles. The fourth-order valence-electron chi connectivity index (χ4n) is 1.70. The molecule has 0 radical (unpaired) electrons. The van der Waals surface area contributed by atoms with Crippen molar-refractivity contribution in [1.82, 2.24) is 19.9 Å². The highest BCUT2D eigenvalue weighted by atomic mass is 15.3. The number of rotatable bonds is 1. The molecule has 0 spiro atoms. The first-order valence-electron chi connectivity index (χ1n) is 4.77. The lowest BCUT2D eigenvalue weighted by atomic mass is 10.1. The minimum atomic E-state index is 0.242. The Morgan fingerprint density at radius 1 is 1.13 bits per heavy atom. The Kier molecular flexibility index (Phi) is 1.75. The topological polar surface area (TPSA) is 80.8 Å². The number of hydrogen-bond acceptors (Lipinski definition) is 6. The highest BCUT2D eigenvalue weighted by Crippen LogP contribution is 2.22. The molecule has 1 fully saturated rings. The standard InChI is InChI=1S/C9H10N6/c10-6-3-15(4-6)9-7-8(13-5-14-9)12-2-1-11-7/h1-2,5-6H,3-4,10H2. The van der Waals surface area contributed by atoms with Gasteiger partial charge in [0.15, 0.2) is 17.0 Å². The predicted molar refractivity (Wildman–Crippen MR) is 55.3 cm³/mol. The Morgan fingerprint density at radius 2 is 1.93 bits per heavy atom. The van der Waals surface area contributed by atoms with E-state index in [-0.39, 0.29) is 6.04 Å². The molecular weight excluding hydrogens is 192 g/mol. The second-order valence-corrected chi connectivity index (χ2v) is 3.59. The highest BCUT2D eigenvalue weighted by molar-refractivity contribution is 5.82. The van der Waals surface area contributed by atoms with Gasteiger partial charge in [-0.1, -0.05) is 0 Å². The molecule has 15 heavy (non-hydrogen) atoms. The molecule has 1 aliphatic rings. The third-order valence-corrected chi connectivity index (χ3v) is 2.46. The summed E-state index contributed by atoms with van der Waals surface area (Å²) in [6.45, 7) is 1.64.